The molecule has 0 bridgehead atoms. The van der Waals surface area contributed by atoms with Gasteiger partial charge in [0, 0.05) is 12.8 Å². The lowest BCUT2D eigenvalue weighted by molar-refractivity contribution is 0.458. The smallest absolute Gasteiger partial charge is 0.122 e. The zero-order valence-corrected chi connectivity index (χ0v) is 16.0. The molecular weight excluding hydrogens is 336 g/mol. The van der Waals surface area contributed by atoms with Gasteiger partial charge in [-0.2, -0.15) is 0 Å². The Labute approximate surface area is 160 Å². The van der Waals surface area contributed by atoms with Crippen molar-refractivity contribution in [3.8, 4) is 17.2 Å². The van der Waals surface area contributed by atoms with Gasteiger partial charge >= 0.3 is 0 Å². The maximum atomic E-state index is 10.9. The van der Waals surface area contributed by atoms with Crippen molar-refractivity contribution in [2.24, 2.45) is 0 Å². The van der Waals surface area contributed by atoms with Crippen LogP contribution >= 0.6 is 0 Å². The molecule has 3 heteroatoms. The van der Waals surface area contributed by atoms with E-state index in [4.69, 9.17) is 0 Å². The number of benzene rings is 3. The highest BCUT2D eigenvalue weighted by atomic mass is 16.3. The van der Waals surface area contributed by atoms with Crippen LogP contribution in [0, 0.1) is 0 Å². The van der Waals surface area contributed by atoms with Crippen LogP contribution in [0.25, 0.3) is 0 Å². The predicted molar refractivity (Wildman–Crippen MR) is 109 cm³/mol. The van der Waals surface area contributed by atoms with Crippen molar-refractivity contribution in [2.75, 3.05) is 0 Å². The van der Waals surface area contributed by atoms with Gasteiger partial charge in [-0.15, -0.1) is 0 Å². The van der Waals surface area contributed by atoms with E-state index in [1.54, 1.807) is 24.3 Å². The molecule has 27 heavy (non-hydrogen) atoms. The van der Waals surface area contributed by atoms with Crippen LogP contribution in [-0.4, -0.2) is 15.3 Å². The van der Waals surface area contributed by atoms with Gasteiger partial charge in [-0.05, 0) is 51.4 Å². The van der Waals surface area contributed by atoms with Crippen molar-refractivity contribution in [1.82, 2.24) is 0 Å². The van der Waals surface area contributed by atoms with Crippen LogP contribution in [0.3, 0.4) is 0 Å². The molecule has 0 aliphatic rings. The van der Waals surface area contributed by atoms with Gasteiger partial charge in [0.25, 0.3) is 0 Å². The molecule has 3 N–H and O–H groups in total. The second-order valence-electron chi connectivity index (χ2n) is 8.04. The molecule has 0 radical (unpaired) electrons. The van der Waals surface area contributed by atoms with Crippen molar-refractivity contribution in [3.05, 3.63) is 88.5 Å². The first-order chi connectivity index (χ1) is 12.7. The number of phenolic OH excluding ortho intramolecular Hbond substituents is 3. The van der Waals surface area contributed by atoms with Crippen molar-refractivity contribution in [3.63, 3.8) is 0 Å². The zero-order chi connectivity index (χ0) is 19.6. The SMILES string of the molecule is CC(C)(C)c1cc(Cc2ccc(O)cc2)c(O)c(Cc2ccccc2O)c1. The average molecular weight is 362 g/mol. The van der Waals surface area contributed by atoms with Crippen LogP contribution < -0.4 is 0 Å². The summed E-state index contributed by atoms with van der Waals surface area (Å²) >= 11 is 0. The Morgan fingerprint density at radius 1 is 0.704 bits per heavy atom. The number of hydrogen-bond acceptors (Lipinski definition) is 3. The van der Waals surface area contributed by atoms with E-state index >= 15 is 0 Å². The molecule has 0 amide bonds. The molecular formula is C24H26O3. The molecule has 0 aromatic heterocycles. The summed E-state index contributed by atoms with van der Waals surface area (Å²) in [6, 6.07) is 18.3. The summed E-state index contributed by atoms with van der Waals surface area (Å²) in [5.41, 5.74) is 4.53. The molecule has 0 aliphatic heterocycles. The minimum atomic E-state index is -0.0646. The Morgan fingerprint density at radius 2 is 1.30 bits per heavy atom. The van der Waals surface area contributed by atoms with Crippen molar-refractivity contribution < 1.29 is 15.3 Å². The van der Waals surface area contributed by atoms with Gasteiger partial charge in [-0.1, -0.05) is 63.2 Å². The van der Waals surface area contributed by atoms with Crippen LogP contribution in [0.5, 0.6) is 17.2 Å². The van der Waals surface area contributed by atoms with Gasteiger partial charge in [-0.25, -0.2) is 0 Å². The second kappa shape index (κ2) is 7.36. The fraction of sp³-hybridized carbons (Fsp3) is 0.250. The third-order valence-electron chi connectivity index (χ3n) is 4.84. The minimum Gasteiger partial charge on any atom is -0.508 e. The van der Waals surface area contributed by atoms with E-state index in [1.807, 2.05) is 30.3 Å². The van der Waals surface area contributed by atoms with Crippen LogP contribution in [0.15, 0.2) is 60.7 Å². The maximum Gasteiger partial charge on any atom is 0.122 e. The van der Waals surface area contributed by atoms with E-state index in [9.17, 15) is 15.3 Å². The minimum absolute atomic E-state index is 0.0646. The summed E-state index contributed by atoms with van der Waals surface area (Å²) < 4.78 is 0. The molecule has 3 aromatic rings. The van der Waals surface area contributed by atoms with E-state index in [1.165, 1.54) is 0 Å². The normalized spacial score (nSPS) is 11.5. The first kappa shape index (κ1) is 18.8. The van der Waals surface area contributed by atoms with Crippen LogP contribution in [0.1, 0.15) is 48.6 Å². The van der Waals surface area contributed by atoms with E-state index in [2.05, 4.69) is 26.8 Å². The summed E-state index contributed by atoms with van der Waals surface area (Å²) in [5.74, 6) is 0.726. The van der Waals surface area contributed by atoms with E-state index in [0.717, 1.165) is 27.8 Å². The first-order valence-corrected chi connectivity index (χ1v) is 9.14. The van der Waals surface area contributed by atoms with Gasteiger partial charge in [0.2, 0.25) is 0 Å². The lowest BCUT2D eigenvalue weighted by Gasteiger charge is -2.23. The van der Waals surface area contributed by atoms with Crippen molar-refractivity contribution in [1.29, 1.82) is 0 Å². The number of hydrogen-bond donors (Lipinski definition) is 3. The van der Waals surface area contributed by atoms with Gasteiger partial charge in [0.1, 0.15) is 17.2 Å². The highest BCUT2D eigenvalue weighted by Gasteiger charge is 2.19. The van der Waals surface area contributed by atoms with Crippen LogP contribution in [0.2, 0.25) is 0 Å². The average Bonchev–Trinajstić information content (AvgIpc) is 2.61. The van der Waals surface area contributed by atoms with Gasteiger partial charge in [0.05, 0.1) is 0 Å². The summed E-state index contributed by atoms with van der Waals surface area (Å²) in [6.07, 6.45) is 1.04. The lowest BCUT2D eigenvalue weighted by Crippen LogP contribution is -2.12. The molecule has 0 unspecified atom stereocenters. The van der Waals surface area contributed by atoms with Gasteiger partial charge in [-0.3, -0.25) is 0 Å². The molecule has 3 rings (SSSR count). The molecule has 0 saturated heterocycles. The molecule has 0 heterocycles. The highest BCUT2D eigenvalue weighted by Crippen LogP contribution is 2.35. The molecule has 0 atom stereocenters. The third kappa shape index (κ3) is 4.43. The zero-order valence-electron chi connectivity index (χ0n) is 16.0. The van der Waals surface area contributed by atoms with E-state index in [0.29, 0.717) is 12.8 Å². The number of phenols is 3. The summed E-state index contributed by atoms with van der Waals surface area (Å²) in [7, 11) is 0. The summed E-state index contributed by atoms with van der Waals surface area (Å²) in [5, 5.41) is 30.5. The molecule has 140 valence electrons. The standard InChI is InChI=1S/C24H26O3/c1-24(2,3)20-14-18(12-16-8-10-21(25)11-9-16)23(27)19(15-20)13-17-6-4-5-7-22(17)26/h4-11,14-15,25-27H,12-13H2,1-3H3. The molecule has 0 aliphatic carbocycles. The quantitative estimate of drug-likeness (QED) is 0.591. The fourth-order valence-electron chi connectivity index (χ4n) is 3.16. The molecule has 0 spiro atoms. The fourth-order valence-corrected chi connectivity index (χ4v) is 3.16. The Morgan fingerprint density at radius 3 is 1.89 bits per heavy atom. The topological polar surface area (TPSA) is 60.7 Å². The summed E-state index contributed by atoms with van der Waals surface area (Å²) in [4.78, 5) is 0. The van der Waals surface area contributed by atoms with Crippen LogP contribution in [-0.2, 0) is 18.3 Å². The predicted octanol–water partition coefficient (Wildman–Crippen LogP) is 5.28. The Balaban J connectivity index is 2.04. The largest absolute Gasteiger partial charge is 0.508 e. The Kier molecular flexibility index (Phi) is 5.13. The first-order valence-electron chi connectivity index (χ1n) is 9.14. The third-order valence-corrected chi connectivity index (χ3v) is 4.84. The molecule has 0 saturated carbocycles. The second-order valence-corrected chi connectivity index (χ2v) is 8.04. The summed E-state index contributed by atoms with van der Waals surface area (Å²) in [6.45, 7) is 6.44. The van der Waals surface area contributed by atoms with E-state index in [-0.39, 0.29) is 22.7 Å². The number of rotatable bonds is 4. The highest BCUT2D eigenvalue weighted by molar-refractivity contribution is 5.50. The number of para-hydroxylation sites is 1. The monoisotopic (exact) mass is 362 g/mol. The van der Waals surface area contributed by atoms with Gasteiger partial charge < -0.3 is 15.3 Å². The van der Waals surface area contributed by atoms with E-state index < -0.39 is 0 Å². The molecule has 3 aromatic carbocycles. The van der Waals surface area contributed by atoms with Crippen molar-refractivity contribution >= 4 is 0 Å². The molecule has 3 nitrogen and oxygen atoms in total. The number of aromatic hydroxyl groups is 3. The maximum absolute atomic E-state index is 10.9. The lowest BCUT2D eigenvalue weighted by atomic mass is 9.83. The van der Waals surface area contributed by atoms with Crippen molar-refractivity contribution in [2.45, 2.75) is 39.0 Å². The van der Waals surface area contributed by atoms with Crippen LogP contribution in [0.4, 0.5) is 0 Å². The Hall–Kier alpha value is -2.94. The Bertz CT molecular complexity index is 935. The molecule has 0 fully saturated rings. The van der Waals surface area contributed by atoms with Gasteiger partial charge in [0.15, 0.2) is 0 Å².